The summed E-state index contributed by atoms with van der Waals surface area (Å²) >= 11 is 0. The van der Waals surface area contributed by atoms with Crippen LogP contribution in [0.15, 0.2) is 67.3 Å². The molecule has 1 aromatic carbocycles. The number of imide groups is 2. The first-order chi connectivity index (χ1) is 29.7. The van der Waals surface area contributed by atoms with Crippen LogP contribution < -0.4 is 20.3 Å². The SMILES string of the molecule is Cc1ccc(-n2nc(N3CCN(CCOCCOCCOCCOc4ccc5c(c4)C(=O)N(C4CCC(=O)NC4=O)C5=O)CC3)cc2NC(=O)c2cnn3cccnc23)nc1. The van der Waals surface area contributed by atoms with Crippen LogP contribution in [0, 0.1) is 6.92 Å². The Bertz CT molecular complexity index is 2410. The van der Waals surface area contributed by atoms with Gasteiger partial charge in [0.25, 0.3) is 17.7 Å². The van der Waals surface area contributed by atoms with Crippen LogP contribution in [0.25, 0.3) is 11.5 Å². The summed E-state index contributed by atoms with van der Waals surface area (Å²) in [7, 11) is 0. The lowest BCUT2D eigenvalue weighted by atomic mass is 10.0. The van der Waals surface area contributed by atoms with Crippen LogP contribution in [0.4, 0.5) is 11.6 Å². The van der Waals surface area contributed by atoms with Gasteiger partial charge in [0.1, 0.15) is 29.8 Å². The molecule has 0 aliphatic carbocycles. The Hall–Kier alpha value is -6.61. The number of hydrogen-bond acceptors (Lipinski definition) is 15. The Balaban J connectivity index is 0.700. The van der Waals surface area contributed by atoms with E-state index in [1.165, 1.54) is 18.3 Å². The maximum atomic E-state index is 13.4. The first-order valence-electron chi connectivity index (χ1n) is 20.1. The van der Waals surface area contributed by atoms with Gasteiger partial charge >= 0.3 is 0 Å². The highest BCUT2D eigenvalue weighted by Crippen LogP contribution is 2.30. The molecule has 61 heavy (non-hydrogen) atoms. The molecule has 1 atom stereocenters. The average Bonchev–Trinajstić information content (AvgIpc) is 3.96. The molecule has 20 nitrogen and oxygen atoms in total. The van der Waals surface area contributed by atoms with Gasteiger partial charge in [-0.25, -0.2) is 14.5 Å². The number of ether oxygens (including phenoxy) is 4. The molecule has 2 fully saturated rings. The van der Waals surface area contributed by atoms with Crippen LogP contribution in [0.2, 0.25) is 0 Å². The number of piperazine rings is 1. The van der Waals surface area contributed by atoms with Crippen molar-refractivity contribution in [2.75, 3.05) is 89.2 Å². The molecular formula is C41H45N11O9. The van der Waals surface area contributed by atoms with Gasteiger partial charge in [0.15, 0.2) is 17.3 Å². The summed E-state index contributed by atoms with van der Waals surface area (Å²) in [6.07, 6.45) is 6.76. The van der Waals surface area contributed by atoms with Crippen molar-refractivity contribution in [3.63, 3.8) is 0 Å². The van der Waals surface area contributed by atoms with E-state index in [4.69, 9.17) is 24.0 Å². The zero-order valence-corrected chi connectivity index (χ0v) is 33.5. The van der Waals surface area contributed by atoms with Crippen molar-refractivity contribution in [2.24, 2.45) is 0 Å². The summed E-state index contributed by atoms with van der Waals surface area (Å²) < 4.78 is 26.0. The molecule has 0 spiro atoms. The van der Waals surface area contributed by atoms with Gasteiger partial charge in [-0.2, -0.15) is 9.78 Å². The number of aromatic nitrogens is 6. The highest BCUT2D eigenvalue weighted by atomic mass is 16.6. The third kappa shape index (κ3) is 9.41. The number of carbonyl (C=O) groups is 5. The van der Waals surface area contributed by atoms with Crippen LogP contribution in [0.5, 0.6) is 5.75 Å². The van der Waals surface area contributed by atoms with E-state index in [-0.39, 0.29) is 43.1 Å². The number of nitrogens with zero attached hydrogens (tertiary/aromatic N) is 9. The molecule has 7 heterocycles. The highest BCUT2D eigenvalue weighted by molar-refractivity contribution is 6.23. The summed E-state index contributed by atoms with van der Waals surface area (Å²) in [5.41, 5.74) is 2.16. The molecule has 1 unspecified atom stereocenters. The molecule has 5 amide bonds. The van der Waals surface area contributed by atoms with Gasteiger partial charge in [0.2, 0.25) is 11.8 Å². The van der Waals surface area contributed by atoms with E-state index in [2.05, 4.69) is 35.5 Å². The highest BCUT2D eigenvalue weighted by Gasteiger charge is 2.44. The zero-order chi connectivity index (χ0) is 42.3. The number of amides is 5. The predicted octanol–water partition coefficient (Wildman–Crippen LogP) is 1.52. The van der Waals surface area contributed by atoms with Crippen molar-refractivity contribution in [1.29, 1.82) is 0 Å². The van der Waals surface area contributed by atoms with Crippen molar-refractivity contribution >= 4 is 46.8 Å². The normalized spacial score (nSPS) is 17.0. The Morgan fingerprint density at radius 1 is 0.836 bits per heavy atom. The maximum absolute atomic E-state index is 13.4. The molecule has 0 bridgehead atoms. The number of carbonyl (C=O) groups excluding carboxylic acids is 5. The summed E-state index contributed by atoms with van der Waals surface area (Å²) in [6, 6.07) is 11.0. The first kappa shape index (κ1) is 41.1. The van der Waals surface area contributed by atoms with Crippen LogP contribution >= 0.6 is 0 Å². The summed E-state index contributed by atoms with van der Waals surface area (Å²) in [5.74, 6) is -0.391. The molecule has 0 radical (unpaired) electrons. The van der Waals surface area contributed by atoms with Crippen molar-refractivity contribution in [3.05, 3.63) is 89.5 Å². The number of piperidine rings is 1. The lowest BCUT2D eigenvalue weighted by Crippen LogP contribution is -2.54. The molecule has 3 aliphatic rings. The van der Waals surface area contributed by atoms with Gasteiger partial charge in [-0.1, -0.05) is 6.07 Å². The molecule has 5 aromatic rings. The van der Waals surface area contributed by atoms with Crippen molar-refractivity contribution in [3.8, 4) is 11.6 Å². The van der Waals surface area contributed by atoms with Crippen LogP contribution in [-0.4, -0.2) is 154 Å². The minimum atomic E-state index is -1.02. The minimum Gasteiger partial charge on any atom is -0.491 e. The number of aryl methyl sites for hydroxylation is 1. The fourth-order valence-electron chi connectivity index (χ4n) is 7.24. The van der Waals surface area contributed by atoms with Crippen molar-refractivity contribution in [2.45, 2.75) is 25.8 Å². The average molecular weight is 836 g/mol. The Morgan fingerprint density at radius 2 is 1.59 bits per heavy atom. The second-order valence-electron chi connectivity index (χ2n) is 14.6. The topological polar surface area (TPSA) is 217 Å². The Morgan fingerprint density at radius 3 is 2.34 bits per heavy atom. The van der Waals surface area contributed by atoms with E-state index >= 15 is 0 Å². The van der Waals surface area contributed by atoms with E-state index in [0.717, 1.165) is 49.0 Å². The number of rotatable bonds is 18. The number of hydrogen-bond donors (Lipinski definition) is 2. The summed E-state index contributed by atoms with van der Waals surface area (Å²) in [6.45, 7) is 8.56. The Labute approximate surface area is 349 Å². The van der Waals surface area contributed by atoms with Gasteiger partial charge in [-0.3, -0.25) is 39.1 Å². The molecule has 0 saturated carbocycles. The molecule has 2 N–H and O–H groups in total. The molecule has 318 valence electrons. The molecular weight excluding hydrogens is 791 g/mol. The summed E-state index contributed by atoms with van der Waals surface area (Å²) in [5, 5.41) is 14.3. The third-order valence-corrected chi connectivity index (χ3v) is 10.5. The van der Waals surface area contributed by atoms with Gasteiger partial charge in [-0.05, 0) is 49.2 Å². The molecule has 8 rings (SSSR count). The maximum Gasteiger partial charge on any atom is 0.262 e. The zero-order valence-electron chi connectivity index (χ0n) is 33.5. The van der Waals surface area contributed by atoms with Gasteiger partial charge in [0, 0.05) is 63.8 Å². The van der Waals surface area contributed by atoms with E-state index < -0.39 is 29.7 Å². The fourth-order valence-corrected chi connectivity index (χ4v) is 7.24. The van der Waals surface area contributed by atoms with Gasteiger partial charge in [0.05, 0.1) is 57.0 Å². The van der Waals surface area contributed by atoms with Gasteiger partial charge < -0.3 is 29.2 Å². The van der Waals surface area contributed by atoms with E-state index in [1.807, 2.05) is 25.1 Å². The second-order valence-corrected chi connectivity index (χ2v) is 14.6. The number of benzene rings is 1. The smallest absolute Gasteiger partial charge is 0.262 e. The van der Waals surface area contributed by atoms with E-state index in [9.17, 15) is 24.0 Å². The fraction of sp³-hybridized carbons (Fsp3) is 0.390. The second kappa shape index (κ2) is 18.8. The molecule has 3 aliphatic heterocycles. The van der Waals surface area contributed by atoms with Crippen LogP contribution in [0.1, 0.15) is 49.5 Å². The van der Waals surface area contributed by atoms with E-state index in [1.54, 1.807) is 39.9 Å². The third-order valence-electron chi connectivity index (χ3n) is 10.5. The van der Waals surface area contributed by atoms with Gasteiger partial charge in [-0.15, -0.1) is 5.10 Å². The monoisotopic (exact) mass is 835 g/mol. The molecule has 2 saturated heterocycles. The quantitative estimate of drug-likeness (QED) is 0.0945. The van der Waals surface area contributed by atoms with E-state index in [0.29, 0.717) is 61.6 Å². The number of anilines is 2. The molecule has 20 heteroatoms. The number of fused-ring (bicyclic) bond motifs is 2. The van der Waals surface area contributed by atoms with Crippen LogP contribution in [-0.2, 0) is 23.8 Å². The Kier molecular flexibility index (Phi) is 12.6. The lowest BCUT2D eigenvalue weighted by Gasteiger charge is -2.34. The van der Waals surface area contributed by atoms with Crippen LogP contribution in [0.3, 0.4) is 0 Å². The van der Waals surface area contributed by atoms with Crippen molar-refractivity contribution in [1.82, 2.24) is 44.5 Å². The lowest BCUT2D eigenvalue weighted by molar-refractivity contribution is -0.136. The summed E-state index contributed by atoms with van der Waals surface area (Å²) in [4.78, 5) is 77.4. The predicted molar refractivity (Wildman–Crippen MR) is 217 cm³/mol. The number of pyridine rings is 1. The minimum absolute atomic E-state index is 0.0566. The van der Waals surface area contributed by atoms with Crippen molar-refractivity contribution < 1.29 is 42.9 Å². The number of nitrogens with one attached hydrogen (secondary N) is 2. The standard InChI is InChI=1S/C41H45N11O9/c1-27-3-7-33(43-25-27)52-34(45-38(54)31-26-44-50-10-2-9-42-37(31)50)24-35(47-52)49-13-11-48(12-14-49)15-16-58-17-18-59-19-20-60-21-22-61-28-4-5-29-30(23-28)41(57)51(40(29)56)32-6-8-36(53)46-39(32)55/h2-5,7,9-10,23-26,32H,6,8,11-22H2,1H3,(H,45,54)(H,46,53,55). The molecule has 4 aromatic heterocycles. The first-order valence-corrected chi connectivity index (χ1v) is 20.1. The largest absolute Gasteiger partial charge is 0.491 e.